The van der Waals surface area contributed by atoms with Gasteiger partial charge in [-0.15, -0.1) is 0 Å². The van der Waals surface area contributed by atoms with Crippen LogP contribution in [0.4, 0.5) is 0 Å². The second-order valence-corrected chi connectivity index (χ2v) is 7.39. The molecule has 18 heavy (non-hydrogen) atoms. The second kappa shape index (κ2) is 2.48. The number of carbonyl (C=O) groups is 1. The van der Waals surface area contributed by atoms with Gasteiger partial charge >= 0.3 is 0 Å². The van der Waals surface area contributed by atoms with Gasteiger partial charge in [-0.05, 0) is 19.8 Å². The van der Waals surface area contributed by atoms with E-state index in [2.05, 4.69) is 6.92 Å². The highest BCUT2D eigenvalue weighted by atomic mass is 16.6. The number of ketones is 1. The minimum absolute atomic E-state index is 0.0111. The van der Waals surface area contributed by atoms with Crippen LogP contribution in [-0.4, -0.2) is 28.2 Å². The fourth-order valence-corrected chi connectivity index (χ4v) is 4.82. The van der Waals surface area contributed by atoms with Crippen molar-refractivity contribution in [3.8, 4) is 0 Å². The molecule has 3 nitrogen and oxygen atoms in total. The minimum atomic E-state index is -0.698. The van der Waals surface area contributed by atoms with Crippen molar-refractivity contribution in [2.75, 3.05) is 0 Å². The van der Waals surface area contributed by atoms with Crippen LogP contribution in [0.5, 0.6) is 0 Å². The quantitative estimate of drug-likeness (QED) is 0.665. The van der Waals surface area contributed by atoms with Crippen LogP contribution in [-0.2, 0) is 9.53 Å². The van der Waals surface area contributed by atoms with Crippen LogP contribution in [0.2, 0.25) is 0 Å². The lowest BCUT2D eigenvalue weighted by molar-refractivity contribution is -0.123. The summed E-state index contributed by atoms with van der Waals surface area (Å²) in [6.45, 7) is 8.10. The van der Waals surface area contributed by atoms with Gasteiger partial charge in [0.15, 0.2) is 11.4 Å². The zero-order valence-electron chi connectivity index (χ0n) is 11.4. The molecule has 0 bridgehead atoms. The Hall–Kier alpha value is -0.670. The summed E-state index contributed by atoms with van der Waals surface area (Å²) in [6, 6.07) is 0. The molecule has 2 saturated carbocycles. The Morgan fingerprint density at radius 2 is 1.94 bits per heavy atom. The lowest BCUT2D eigenvalue weighted by atomic mass is 9.62. The van der Waals surface area contributed by atoms with E-state index < -0.39 is 11.7 Å². The van der Waals surface area contributed by atoms with Crippen LogP contribution in [0.25, 0.3) is 0 Å². The van der Waals surface area contributed by atoms with Crippen molar-refractivity contribution < 1.29 is 14.6 Å². The van der Waals surface area contributed by atoms with E-state index in [4.69, 9.17) is 4.74 Å². The molecular weight excluding hydrogens is 228 g/mol. The molecule has 1 heterocycles. The highest BCUT2D eigenvalue weighted by Crippen LogP contribution is 2.79. The standard InChI is InChI=1S/C15H20O3/c1-8-10(16)9-7-12(2,3)11(17)15(9)13(4,18-15)14(8)5-6-14/h7-8,11,17H,5-6H2,1-4H3/t8-,11+,13-,15-/m1/s1. The molecule has 0 aromatic rings. The first-order chi connectivity index (χ1) is 8.23. The molecule has 0 aromatic heterocycles. The Morgan fingerprint density at radius 1 is 1.33 bits per heavy atom. The van der Waals surface area contributed by atoms with Crippen LogP contribution in [0.15, 0.2) is 11.6 Å². The van der Waals surface area contributed by atoms with Crippen LogP contribution in [0, 0.1) is 16.7 Å². The lowest BCUT2D eigenvalue weighted by Gasteiger charge is -2.36. The highest BCUT2D eigenvalue weighted by molar-refractivity contribution is 6.04. The zero-order valence-corrected chi connectivity index (χ0v) is 11.4. The number of epoxide rings is 1. The predicted octanol–water partition coefficient (Wildman–Crippen LogP) is 1.84. The number of rotatable bonds is 0. The number of hydrogen-bond donors (Lipinski definition) is 1. The molecule has 0 amide bonds. The third kappa shape index (κ3) is 0.785. The van der Waals surface area contributed by atoms with Crippen molar-refractivity contribution >= 4 is 5.78 Å². The first kappa shape index (κ1) is 11.2. The highest BCUT2D eigenvalue weighted by Gasteiger charge is 2.89. The molecule has 4 rings (SSSR count). The van der Waals surface area contributed by atoms with E-state index in [1.807, 2.05) is 26.8 Å². The Morgan fingerprint density at radius 3 is 2.50 bits per heavy atom. The third-order valence-electron chi connectivity index (χ3n) is 6.26. The lowest BCUT2D eigenvalue weighted by Crippen LogP contribution is -2.52. The molecule has 1 aliphatic heterocycles. The fraction of sp³-hybridized carbons (Fsp3) is 0.800. The molecule has 3 heteroatoms. The largest absolute Gasteiger partial charge is 0.389 e. The summed E-state index contributed by atoms with van der Waals surface area (Å²) < 4.78 is 6.10. The first-order valence-electron chi connectivity index (χ1n) is 6.89. The summed E-state index contributed by atoms with van der Waals surface area (Å²) in [6.07, 6.45) is 3.47. The van der Waals surface area contributed by atoms with Gasteiger partial charge in [0.1, 0.15) is 5.60 Å². The normalized spacial score (nSPS) is 53.8. The van der Waals surface area contributed by atoms with Gasteiger partial charge in [0.05, 0.1) is 6.10 Å². The first-order valence-corrected chi connectivity index (χ1v) is 6.89. The second-order valence-electron chi connectivity index (χ2n) is 7.39. The summed E-state index contributed by atoms with van der Waals surface area (Å²) in [5, 5.41) is 10.7. The van der Waals surface area contributed by atoms with Gasteiger partial charge < -0.3 is 9.84 Å². The van der Waals surface area contributed by atoms with Gasteiger partial charge in [-0.1, -0.05) is 26.8 Å². The minimum Gasteiger partial charge on any atom is -0.389 e. The van der Waals surface area contributed by atoms with Crippen molar-refractivity contribution in [2.45, 2.75) is 57.8 Å². The Kier molecular flexibility index (Phi) is 1.54. The van der Waals surface area contributed by atoms with Crippen LogP contribution < -0.4 is 0 Å². The van der Waals surface area contributed by atoms with E-state index in [9.17, 15) is 9.90 Å². The molecule has 0 aromatic carbocycles. The maximum absolute atomic E-state index is 12.6. The van der Waals surface area contributed by atoms with Crippen molar-refractivity contribution in [1.82, 2.24) is 0 Å². The molecule has 4 atom stereocenters. The molecule has 3 aliphatic carbocycles. The van der Waals surface area contributed by atoms with Crippen molar-refractivity contribution in [1.29, 1.82) is 0 Å². The summed E-state index contributed by atoms with van der Waals surface area (Å²) in [4.78, 5) is 12.6. The number of aliphatic hydroxyl groups is 1. The van der Waals surface area contributed by atoms with Gasteiger partial charge in [0.25, 0.3) is 0 Å². The van der Waals surface area contributed by atoms with Gasteiger partial charge in [-0.2, -0.15) is 0 Å². The molecule has 3 fully saturated rings. The monoisotopic (exact) mass is 248 g/mol. The molecule has 0 radical (unpaired) electrons. The van der Waals surface area contributed by atoms with E-state index >= 15 is 0 Å². The molecule has 1 N–H and O–H groups in total. The maximum Gasteiger partial charge on any atom is 0.165 e. The third-order valence-corrected chi connectivity index (χ3v) is 6.26. The molecule has 0 unspecified atom stereocenters. The van der Waals surface area contributed by atoms with Gasteiger partial charge in [-0.25, -0.2) is 0 Å². The average Bonchev–Trinajstić information content (AvgIpc) is 3.16. The Labute approximate surface area is 107 Å². The molecule has 4 aliphatic rings. The number of Topliss-reactive ketones (excluding diaryl/α,β-unsaturated/α-hetero) is 1. The molecule has 2 spiro atoms. The maximum atomic E-state index is 12.6. The number of ether oxygens (including phenoxy) is 1. The topological polar surface area (TPSA) is 49.8 Å². The Bertz CT molecular complexity index is 514. The van der Waals surface area contributed by atoms with E-state index in [0.29, 0.717) is 0 Å². The number of fused-ring (bicyclic) bond motifs is 1. The zero-order chi connectivity index (χ0) is 13.1. The summed E-state index contributed by atoms with van der Waals surface area (Å²) in [5.74, 6) is 0.234. The van der Waals surface area contributed by atoms with Crippen LogP contribution >= 0.6 is 0 Å². The van der Waals surface area contributed by atoms with Crippen LogP contribution in [0.3, 0.4) is 0 Å². The smallest absolute Gasteiger partial charge is 0.165 e. The Balaban J connectivity index is 1.94. The number of hydrogen-bond acceptors (Lipinski definition) is 3. The van der Waals surface area contributed by atoms with Gasteiger partial charge in [0, 0.05) is 22.3 Å². The average molecular weight is 248 g/mol. The fourth-order valence-electron chi connectivity index (χ4n) is 4.82. The van der Waals surface area contributed by atoms with E-state index in [1.165, 1.54) is 0 Å². The van der Waals surface area contributed by atoms with Crippen molar-refractivity contribution in [3.05, 3.63) is 11.6 Å². The number of carbonyl (C=O) groups excluding carboxylic acids is 1. The molecular formula is C15H20O3. The van der Waals surface area contributed by atoms with Crippen LogP contribution in [0.1, 0.15) is 40.5 Å². The van der Waals surface area contributed by atoms with E-state index in [1.54, 1.807) is 0 Å². The van der Waals surface area contributed by atoms with E-state index in [-0.39, 0.29) is 28.1 Å². The molecule has 98 valence electrons. The van der Waals surface area contributed by atoms with E-state index in [0.717, 1.165) is 18.4 Å². The van der Waals surface area contributed by atoms with Gasteiger partial charge in [-0.3, -0.25) is 4.79 Å². The molecule has 1 saturated heterocycles. The van der Waals surface area contributed by atoms with Crippen molar-refractivity contribution in [3.63, 3.8) is 0 Å². The number of aliphatic hydroxyl groups excluding tert-OH is 1. The summed E-state index contributed by atoms with van der Waals surface area (Å²) >= 11 is 0. The predicted molar refractivity (Wildman–Crippen MR) is 65.9 cm³/mol. The van der Waals surface area contributed by atoms with Gasteiger partial charge in [0.2, 0.25) is 0 Å². The SMILES string of the molecule is C[C@@H]1C(=O)C2=CC(C)(C)[C@H](O)[C@]23O[C@]3(C)C12CC2. The summed E-state index contributed by atoms with van der Waals surface area (Å²) in [7, 11) is 0. The summed E-state index contributed by atoms with van der Waals surface area (Å²) in [5.41, 5.74) is -0.665. The van der Waals surface area contributed by atoms with Crippen molar-refractivity contribution in [2.24, 2.45) is 16.7 Å².